The van der Waals surface area contributed by atoms with E-state index in [1.54, 1.807) is 0 Å². The van der Waals surface area contributed by atoms with Crippen LogP contribution in [0.5, 0.6) is 0 Å². The van der Waals surface area contributed by atoms with Gasteiger partial charge in [0, 0.05) is 30.9 Å². The van der Waals surface area contributed by atoms with E-state index < -0.39 is 0 Å². The van der Waals surface area contributed by atoms with Crippen LogP contribution in [0, 0.1) is 12.8 Å². The molecule has 0 spiro atoms. The second kappa shape index (κ2) is 4.78. The highest BCUT2D eigenvalue weighted by Gasteiger charge is 2.45. The maximum atomic E-state index is 4.37. The molecule has 1 aliphatic carbocycles. The molecule has 1 aliphatic heterocycles. The number of hydrogen-bond acceptors (Lipinski definition) is 3. The summed E-state index contributed by atoms with van der Waals surface area (Å²) in [6.07, 6.45) is 7.92. The van der Waals surface area contributed by atoms with E-state index in [1.165, 1.54) is 30.5 Å². The minimum absolute atomic E-state index is 0.287. The molecule has 0 radical (unpaired) electrons. The lowest BCUT2D eigenvalue weighted by Crippen LogP contribution is -2.64. The summed E-state index contributed by atoms with van der Waals surface area (Å²) in [5.74, 6) is 0.866. The number of anilines is 1. The van der Waals surface area contributed by atoms with E-state index in [2.05, 4.69) is 42.0 Å². The molecule has 2 atom stereocenters. The second-order valence-electron chi connectivity index (χ2n) is 6.48. The largest absolute Gasteiger partial charge is 0.364 e. The molecule has 104 valence electrons. The van der Waals surface area contributed by atoms with Gasteiger partial charge in [0.15, 0.2) is 0 Å². The van der Waals surface area contributed by atoms with Gasteiger partial charge in [-0.2, -0.15) is 0 Å². The van der Waals surface area contributed by atoms with Gasteiger partial charge in [0.2, 0.25) is 0 Å². The van der Waals surface area contributed by atoms with Gasteiger partial charge in [-0.25, -0.2) is 0 Å². The first-order valence-electron chi connectivity index (χ1n) is 7.56. The highest BCUT2D eigenvalue weighted by Crippen LogP contribution is 2.42. The Morgan fingerprint density at radius 1 is 1.42 bits per heavy atom. The quantitative estimate of drug-likeness (QED) is 0.904. The fourth-order valence-corrected chi connectivity index (χ4v) is 3.36. The molecule has 2 aliphatic rings. The van der Waals surface area contributed by atoms with E-state index in [-0.39, 0.29) is 5.54 Å². The van der Waals surface area contributed by atoms with E-state index in [0.717, 1.165) is 19.0 Å². The molecule has 3 nitrogen and oxygen atoms in total. The van der Waals surface area contributed by atoms with Crippen LogP contribution < -0.4 is 10.2 Å². The van der Waals surface area contributed by atoms with Crippen LogP contribution in [0.15, 0.2) is 18.5 Å². The second-order valence-corrected chi connectivity index (χ2v) is 6.48. The molecule has 2 unspecified atom stereocenters. The lowest BCUT2D eigenvalue weighted by Gasteiger charge is -2.47. The fourth-order valence-electron chi connectivity index (χ4n) is 3.36. The summed E-state index contributed by atoms with van der Waals surface area (Å²) in [5.41, 5.74) is 2.83. The number of aromatic nitrogens is 1. The summed E-state index contributed by atoms with van der Waals surface area (Å²) in [7, 11) is 0. The summed E-state index contributed by atoms with van der Waals surface area (Å²) >= 11 is 0. The monoisotopic (exact) mass is 259 g/mol. The number of aryl methyl sites for hydroxylation is 1. The van der Waals surface area contributed by atoms with Gasteiger partial charge < -0.3 is 10.2 Å². The molecule has 19 heavy (non-hydrogen) atoms. The molecule has 2 heterocycles. The highest BCUT2D eigenvalue weighted by molar-refractivity contribution is 5.48. The zero-order valence-electron chi connectivity index (χ0n) is 12.3. The average Bonchev–Trinajstić information content (AvgIpc) is 3.23. The third-order valence-corrected chi connectivity index (χ3v) is 4.82. The first-order chi connectivity index (χ1) is 9.12. The lowest BCUT2D eigenvalue weighted by molar-refractivity contribution is 0.252. The molecular formula is C16H25N3. The normalized spacial score (nSPS) is 31.5. The molecule has 1 saturated carbocycles. The van der Waals surface area contributed by atoms with Crippen molar-refractivity contribution >= 4 is 5.69 Å². The van der Waals surface area contributed by atoms with Gasteiger partial charge in [0.25, 0.3) is 0 Å². The molecule has 0 bridgehead atoms. The van der Waals surface area contributed by atoms with Gasteiger partial charge >= 0.3 is 0 Å². The average molecular weight is 259 g/mol. The Hall–Kier alpha value is -1.09. The zero-order chi connectivity index (χ0) is 13.5. The van der Waals surface area contributed by atoms with Crippen LogP contribution in [0.25, 0.3) is 0 Å². The van der Waals surface area contributed by atoms with E-state index in [4.69, 9.17) is 0 Å². The summed E-state index contributed by atoms with van der Waals surface area (Å²) < 4.78 is 0. The van der Waals surface area contributed by atoms with E-state index in [1.807, 2.05) is 12.4 Å². The SMILES string of the molecule is CCC1CNC(C)(C2CC2)CN1c1cncc(C)c1. The molecular weight excluding hydrogens is 234 g/mol. The molecule has 1 aromatic rings. The minimum atomic E-state index is 0.287. The van der Waals surface area contributed by atoms with Gasteiger partial charge in [-0.05, 0) is 50.7 Å². The van der Waals surface area contributed by atoms with E-state index in [9.17, 15) is 0 Å². The Labute approximate surface area is 116 Å². The van der Waals surface area contributed by atoms with Gasteiger partial charge in [-0.3, -0.25) is 4.98 Å². The first kappa shape index (κ1) is 12.9. The number of pyridine rings is 1. The Balaban J connectivity index is 1.86. The summed E-state index contributed by atoms with van der Waals surface area (Å²) in [6.45, 7) is 9.01. The van der Waals surface area contributed by atoms with Crippen molar-refractivity contribution < 1.29 is 0 Å². The Bertz CT molecular complexity index is 455. The molecule has 3 heteroatoms. The molecule has 1 aromatic heterocycles. The number of rotatable bonds is 3. The molecule has 0 aromatic carbocycles. The van der Waals surface area contributed by atoms with Gasteiger partial charge in [-0.15, -0.1) is 0 Å². The molecule has 1 N–H and O–H groups in total. The maximum Gasteiger partial charge on any atom is 0.0559 e. The summed E-state index contributed by atoms with van der Waals surface area (Å²) in [6, 6.07) is 2.87. The number of piperazine rings is 1. The van der Waals surface area contributed by atoms with Crippen LogP contribution >= 0.6 is 0 Å². The number of nitrogens with zero attached hydrogens (tertiary/aromatic N) is 2. The van der Waals surface area contributed by atoms with Crippen molar-refractivity contribution in [2.75, 3.05) is 18.0 Å². The predicted molar refractivity (Wildman–Crippen MR) is 79.5 cm³/mol. The van der Waals surface area contributed by atoms with Crippen LogP contribution in [0.4, 0.5) is 5.69 Å². The molecule has 3 rings (SSSR count). The molecule has 2 fully saturated rings. The van der Waals surface area contributed by atoms with Crippen molar-refractivity contribution in [1.82, 2.24) is 10.3 Å². The van der Waals surface area contributed by atoms with E-state index in [0.29, 0.717) is 6.04 Å². The number of hydrogen-bond donors (Lipinski definition) is 1. The summed E-state index contributed by atoms with van der Waals surface area (Å²) in [5, 5.41) is 3.81. The third kappa shape index (κ3) is 2.48. The number of nitrogens with one attached hydrogen (secondary N) is 1. The van der Waals surface area contributed by atoms with Crippen LogP contribution in [-0.4, -0.2) is 29.7 Å². The van der Waals surface area contributed by atoms with Crippen LogP contribution in [-0.2, 0) is 0 Å². The van der Waals surface area contributed by atoms with Crippen molar-refractivity contribution in [2.24, 2.45) is 5.92 Å². The topological polar surface area (TPSA) is 28.2 Å². The minimum Gasteiger partial charge on any atom is -0.364 e. The van der Waals surface area contributed by atoms with Crippen molar-refractivity contribution in [2.45, 2.75) is 51.6 Å². The lowest BCUT2D eigenvalue weighted by atomic mass is 9.90. The molecule has 0 amide bonds. The Morgan fingerprint density at radius 3 is 2.84 bits per heavy atom. The Morgan fingerprint density at radius 2 is 2.21 bits per heavy atom. The standard InChI is InChI=1S/C16H25N3/c1-4-14-10-18-16(3,13-5-6-13)11-19(14)15-7-12(2)8-17-9-15/h7-9,13-14,18H,4-6,10-11H2,1-3H3. The van der Waals surface area contributed by atoms with Crippen molar-refractivity contribution in [3.8, 4) is 0 Å². The van der Waals surface area contributed by atoms with Crippen molar-refractivity contribution in [3.05, 3.63) is 24.0 Å². The van der Waals surface area contributed by atoms with Gasteiger partial charge in [-0.1, -0.05) is 6.92 Å². The van der Waals surface area contributed by atoms with Crippen LogP contribution in [0.1, 0.15) is 38.7 Å². The molecule has 1 saturated heterocycles. The zero-order valence-corrected chi connectivity index (χ0v) is 12.3. The van der Waals surface area contributed by atoms with Crippen LogP contribution in [0.3, 0.4) is 0 Å². The summed E-state index contributed by atoms with van der Waals surface area (Å²) in [4.78, 5) is 6.95. The highest BCUT2D eigenvalue weighted by atomic mass is 15.3. The Kier molecular flexibility index (Phi) is 3.25. The van der Waals surface area contributed by atoms with Gasteiger partial charge in [0.05, 0.1) is 11.9 Å². The maximum absolute atomic E-state index is 4.37. The van der Waals surface area contributed by atoms with Crippen molar-refractivity contribution in [3.63, 3.8) is 0 Å². The van der Waals surface area contributed by atoms with E-state index >= 15 is 0 Å². The van der Waals surface area contributed by atoms with Gasteiger partial charge in [0.1, 0.15) is 0 Å². The first-order valence-corrected chi connectivity index (χ1v) is 7.56. The van der Waals surface area contributed by atoms with Crippen LogP contribution in [0.2, 0.25) is 0 Å². The fraction of sp³-hybridized carbons (Fsp3) is 0.688. The predicted octanol–water partition coefficient (Wildman–Crippen LogP) is 2.75. The van der Waals surface area contributed by atoms with Crippen molar-refractivity contribution in [1.29, 1.82) is 0 Å². The third-order valence-electron chi connectivity index (χ3n) is 4.82. The smallest absolute Gasteiger partial charge is 0.0559 e.